The van der Waals surface area contributed by atoms with Crippen LogP contribution in [0.25, 0.3) is 0 Å². The number of aromatic nitrogens is 2. The molecular formula is C8H8IN3O4. The van der Waals surface area contributed by atoms with Gasteiger partial charge in [-0.05, 0) is 22.6 Å². The van der Waals surface area contributed by atoms with Crippen LogP contribution >= 0.6 is 22.6 Å². The fraction of sp³-hybridized carbons (Fsp3) is 0.375. The fourth-order valence-corrected chi connectivity index (χ4v) is 2.32. The van der Waals surface area contributed by atoms with Crippen LogP contribution in [0.1, 0.15) is 26.9 Å². The van der Waals surface area contributed by atoms with Crippen molar-refractivity contribution in [1.82, 2.24) is 15.1 Å². The molecule has 1 aromatic heterocycles. The van der Waals surface area contributed by atoms with Crippen LogP contribution in [-0.4, -0.2) is 45.0 Å². The molecule has 0 fully saturated rings. The van der Waals surface area contributed by atoms with Crippen molar-refractivity contribution in [3.05, 3.63) is 15.0 Å². The first-order valence-electron chi connectivity index (χ1n) is 4.46. The van der Waals surface area contributed by atoms with E-state index in [4.69, 9.17) is 10.2 Å². The van der Waals surface area contributed by atoms with Gasteiger partial charge in [0.2, 0.25) is 0 Å². The van der Waals surface area contributed by atoms with E-state index in [2.05, 4.69) is 10.4 Å². The lowest BCUT2D eigenvalue weighted by molar-refractivity contribution is 0.0685. The highest BCUT2D eigenvalue weighted by molar-refractivity contribution is 14.1. The molecule has 0 aromatic carbocycles. The van der Waals surface area contributed by atoms with Crippen LogP contribution < -0.4 is 5.32 Å². The third-order valence-electron chi connectivity index (χ3n) is 2.35. The summed E-state index contributed by atoms with van der Waals surface area (Å²) >= 11 is 1.76. The SMILES string of the molecule is O=C(O)c1c(I)nn2c1C(=O)NCC2CO. The molecule has 0 radical (unpaired) electrons. The summed E-state index contributed by atoms with van der Waals surface area (Å²) < 4.78 is 1.53. The number of carboxylic acids is 1. The van der Waals surface area contributed by atoms with Gasteiger partial charge >= 0.3 is 5.97 Å². The maximum atomic E-state index is 11.6. The van der Waals surface area contributed by atoms with E-state index < -0.39 is 17.9 Å². The number of amides is 1. The normalized spacial score (nSPS) is 19.1. The summed E-state index contributed by atoms with van der Waals surface area (Å²) in [4.78, 5) is 22.6. The minimum atomic E-state index is -1.20. The molecule has 1 amide bonds. The molecule has 2 rings (SSSR count). The van der Waals surface area contributed by atoms with Gasteiger partial charge in [0, 0.05) is 6.54 Å². The lowest BCUT2D eigenvalue weighted by atomic mass is 10.1. The highest BCUT2D eigenvalue weighted by Gasteiger charge is 2.33. The topological polar surface area (TPSA) is 104 Å². The second kappa shape index (κ2) is 4.01. The van der Waals surface area contributed by atoms with Gasteiger partial charge in [-0.3, -0.25) is 9.48 Å². The average molecular weight is 337 g/mol. The largest absolute Gasteiger partial charge is 0.478 e. The number of hydrogen-bond donors (Lipinski definition) is 3. The maximum absolute atomic E-state index is 11.6. The summed E-state index contributed by atoms with van der Waals surface area (Å²) in [6.45, 7) is 0.0449. The molecule has 3 N–H and O–H groups in total. The second-order valence-corrected chi connectivity index (χ2v) is 4.33. The molecule has 0 aliphatic carbocycles. The first-order chi connectivity index (χ1) is 7.56. The van der Waals surface area contributed by atoms with Crippen molar-refractivity contribution < 1.29 is 19.8 Å². The predicted octanol–water partition coefficient (Wildman–Crippen LogP) is -0.537. The maximum Gasteiger partial charge on any atom is 0.340 e. The number of aliphatic hydroxyl groups is 1. The Balaban J connectivity index is 2.63. The summed E-state index contributed by atoms with van der Waals surface area (Å²) in [5.74, 6) is -1.67. The summed E-state index contributed by atoms with van der Waals surface area (Å²) in [7, 11) is 0. The van der Waals surface area contributed by atoms with Gasteiger partial charge < -0.3 is 15.5 Å². The molecule has 0 spiro atoms. The van der Waals surface area contributed by atoms with E-state index in [9.17, 15) is 9.59 Å². The van der Waals surface area contributed by atoms with Crippen molar-refractivity contribution in [3.8, 4) is 0 Å². The Morgan fingerprint density at radius 3 is 2.94 bits per heavy atom. The summed E-state index contributed by atoms with van der Waals surface area (Å²) in [5.41, 5.74) is -0.113. The standard InChI is InChI=1S/C8H8IN3O4/c9-6-4(8(15)16)5-7(14)10-1-3(2-13)12(5)11-6/h3,13H,1-2H2,(H,10,14)(H,15,16). The van der Waals surface area contributed by atoms with Crippen molar-refractivity contribution in [2.45, 2.75) is 6.04 Å². The van der Waals surface area contributed by atoms with Crippen LogP contribution in [0.15, 0.2) is 0 Å². The number of carboxylic acid groups (broad SMARTS) is 1. The van der Waals surface area contributed by atoms with Gasteiger partial charge in [-0.15, -0.1) is 0 Å². The quantitative estimate of drug-likeness (QED) is 0.629. The molecule has 1 aliphatic heterocycles. The Hall–Kier alpha value is -1.16. The molecule has 1 atom stereocenters. The van der Waals surface area contributed by atoms with Crippen LogP contribution in [0, 0.1) is 3.70 Å². The fourth-order valence-electron chi connectivity index (χ4n) is 1.60. The van der Waals surface area contributed by atoms with E-state index in [1.807, 2.05) is 0 Å². The molecule has 1 unspecified atom stereocenters. The smallest absolute Gasteiger partial charge is 0.340 e. The van der Waals surface area contributed by atoms with Crippen LogP contribution in [-0.2, 0) is 0 Å². The lowest BCUT2D eigenvalue weighted by Crippen LogP contribution is -2.41. The summed E-state index contributed by atoms with van der Waals surface area (Å²) in [5, 5.41) is 24.6. The highest BCUT2D eigenvalue weighted by atomic mass is 127. The molecule has 0 bridgehead atoms. The monoisotopic (exact) mass is 337 g/mol. The van der Waals surface area contributed by atoms with E-state index in [0.717, 1.165) is 0 Å². The molecule has 1 aliphatic rings. The Morgan fingerprint density at radius 2 is 2.38 bits per heavy atom. The number of aromatic carboxylic acids is 1. The molecule has 8 heteroatoms. The number of hydrogen-bond acceptors (Lipinski definition) is 4. The molecule has 86 valence electrons. The molecular weight excluding hydrogens is 329 g/mol. The number of carbonyl (C=O) groups is 2. The Bertz CT molecular complexity index is 470. The van der Waals surface area contributed by atoms with Crippen LogP contribution in [0.2, 0.25) is 0 Å². The van der Waals surface area contributed by atoms with Gasteiger partial charge in [0.1, 0.15) is 15.0 Å². The summed E-state index contributed by atoms with van der Waals surface area (Å²) in [6, 6.07) is -0.408. The summed E-state index contributed by atoms with van der Waals surface area (Å²) in [6.07, 6.45) is 0. The van der Waals surface area contributed by atoms with E-state index in [-0.39, 0.29) is 28.1 Å². The van der Waals surface area contributed by atoms with Gasteiger partial charge in [-0.2, -0.15) is 5.10 Å². The van der Waals surface area contributed by atoms with Gasteiger partial charge in [0.25, 0.3) is 5.91 Å². The van der Waals surface area contributed by atoms with Crippen molar-refractivity contribution >= 4 is 34.5 Å². The molecule has 0 saturated carbocycles. The zero-order valence-electron chi connectivity index (χ0n) is 7.97. The molecule has 7 nitrogen and oxygen atoms in total. The Kier molecular flexibility index (Phi) is 2.84. The lowest BCUT2D eigenvalue weighted by Gasteiger charge is -2.23. The molecule has 16 heavy (non-hydrogen) atoms. The highest BCUT2D eigenvalue weighted by Crippen LogP contribution is 2.22. The Labute approximate surface area is 104 Å². The van der Waals surface area contributed by atoms with E-state index in [1.54, 1.807) is 22.6 Å². The number of nitrogens with zero attached hydrogens (tertiary/aromatic N) is 2. The van der Waals surface area contributed by atoms with E-state index in [1.165, 1.54) is 4.68 Å². The molecule has 0 saturated heterocycles. The third kappa shape index (κ3) is 1.57. The van der Waals surface area contributed by atoms with Crippen molar-refractivity contribution in [2.24, 2.45) is 0 Å². The van der Waals surface area contributed by atoms with Gasteiger partial charge in [-0.25, -0.2) is 4.79 Å². The Morgan fingerprint density at radius 1 is 1.69 bits per heavy atom. The first kappa shape index (κ1) is 11.3. The van der Waals surface area contributed by atoms with E-state index >= 15 is 0 Å². The van der Waals surface area contributed by atoms with Crippen LogP contribution in [0.3, 0.4) is 0 Å². The molecule has 2 heterocycles. The van der Waals surface area contributed by atoms with Gasteiger partial charge in [0.05, 0.1) is 12.6 Å². The van der Waals surface area contributed by atoms with Crippen LogP contribution in [0.5, 0.6) is 0 Å². The van der Waals surface area contributed by atoms with Crippen molar-refractivity contribution in [2.75, 3.05) is 13.2 Å². The van der Waals surface area contributed by atoms with E-state index in [0.29, 0.717) is 0 Å². The molecule has 1 aromatic rings. The van der Waals surface area contributed by atoms with Gasteiger partial charge in [-0.1, -0.05) is 0 Å². The van der Waals surface area contributed by atoms with Crippen LogP contribution in [0.4, 0.5) is 0 Å². The second-order valence-electron chi connectivity index (χ2n) is 3.31. The number of nitrogens with one attached hydrogen (secondary N) is 1. The minimum absolute atomic E-state index is 0.00204. The number of halogens is 1. The average Bonchev–Trinajstić information content (AvgIpc) is 2.57. The minimum Gasteiger partial charge on any atom is -0.478 e. The van der Waals surface area contributed by atoms with Gasteiger partial charge in [0.15, 0.2) is 0 Å². The zero-order valence-corrected chi connectivity index (χ0v) is 10.1. The van der Waals surface area contributed by atoms with Crippen molar-refractivity contribution in [1.29, 1.82) is 0 Å². The predicted molar refractivity (Wildman–Crippen MR) is 60.4 cm³/mol. The number of carbonyl (C=O) groups excluding carboxylic acids is 1. The number of rotatable bonds is 2. The number of fused-ring (bicyclic) bond motifs is 1. The first-order valence-corrected chi connectivity index (χ1v) is 5.54. The van der Waals surface area contributed by atoms with Crippen molar-refractivity contribution in [3.63, 3.8) is 0 Å². The number of aliphatic hydroxyl groups excluding tert-OH is 1. The zero-order chi connectivity index (χ0) is 11.9. The third-order valence-corrected chi connectivity index (χ3v) is 3.11.